The second-order valence-corrected chi connectivity index (χ2v) is 13.1. The predicted octanol–water partition coefficient (Wildman–Crippen LogP) is 2.50. The molecule has 1 saturated carbocycles. The summed E-state index contributed by atoms with van der Waals surface area (Å²) in [4.78, 5) is 28.6. The average Bonchev–Trinajstić information content (AvgIpc) is 3.28. The zero-order valence-corrected chi connectivity index (χ0v) is 21.5. The van der Waals surface area contributed by atoms with Crippen molar-refractivity contribution in [2.24, 2.45) is 15.7 Å². The minimum atomic E-state index is -4.36. The van der Waals surface area contributed by atoms with Gasteiger partial charge in [-0.15, -0.1) is 4.40 Å². The number of rotatable bonds is 5. The highest BCUT2D eigenvalue weighted by Crippen LogP contribution is 2.46. The van der Waals surface area contributed by atoms with Crippen molar-refractivity contribution in [2.75, 3.05) is 22.8 Å². The number of carbonyl (C=O) groups excluding carboxylic acids is 2. The Kier molecular flexibility index (Phi) is 6.10. The first-order chi connectivity index (χ1) is 17.4. The van der Waals surface area contributed by atoms with Crippen molar-refractivity contribution in [3.05, 3.63) is 53.8 Å². The van der Waals surface area contributed by atoms with E-state index in [1.165, 1.54) is 29.2 Å². The molecule has 2 aliphatic heterocycles. The van der Waals surface area contributed by atoms with Gasteiger partial charge in [0.05, 0.1) is 11.9 Å². The number of likely N-dealkylation sites (tertiary alicyclic amines) is 1. The summed E-state index contributed by atoms with van der Waals surface area (Å²) in [5, 5.41) is 2.85. The number of benzene rings is 2. The van der Waals surface area contributed by atoms with Crippen LogP contribution >= 0.6 is 0 Å². The second kappa shape index (κ2) is 8.91. The van der Waals surface area contributed by atoms with Crippen LogP contribution in [0.4, 0.5) is 15.8 Å². The van der Waals surface area contributed by atoms with Crippen molar-refractivity contribution >= 4 is 48.9 Å². The monoisotopic (exact) mass is 548 g/mol. The summed E-state index contributed by atoms with van der Waals surface area (Å²) in [6, 6.07) is 9.57. The SMILES string of the molecule is CS(=O)(=O)Nc1ccc2c(c1)S(=O)(=O)N=C(C1C(=O)N(Cc3ccc(F)cc3)CC3(CCCC3)C1=O)N2. The molecule has 5 rings (SSSR count). The van der Waals surface area contributed by atoms with E-state index in [0.29, 0.717) is 18.4 Å². The van der Waals surface area contributed by atoms with Crippen LogP contribution < -0.4 is 10.0 Å². The van der Waals surface area contributed by atoms with Crippen LogP contribution in [0.15, 0.2) is 51.8 Å². The fourth-order valence-electron chi connectivity index (χ4n) is 5.34. The highest BCUT2D eigenvalue weighted by molar-refractivity contribution is 7.92. The summed E-state index contributed by atoms with van der Waals surface area (Å²) in [5.41, 5.74) is -0.0134. The number of carbonyl (C=O) groups is 2. The van der Waals surface area contributed by atoms with Gasteiger partial charge in [-0.1, -0.05) is 25.0 Å². The predicted molar refractivity (Wildman–Crippen MR) is 134 cm³/mol. The Morgan fingerprint density at radius 3 is 2.46 bits per heavy atom. The molecule has 2 heterocycles. The third-order valence-electron chi connectivity index (χ3n) is 7.00. The van der Waals surface area contributed by atoms with Gasteiger partial charge in [-0.05, 0) is 48.7 Å². The molecule has 1 aliphatic carbocycles. The number of hydrogen-bond acceptors (Lipinski definition) is 7. The molecule has 13 heteroatoms. The molecule has 37 heavy (non-hydrogen) atoms. The first kappa shape index (κ1) is 25.3. The Morgan fingerprint density at radius 2 is 1.81 bits per heavy atom. The minimum Gasteiger partial charge on any atom is -0.341 e. The number of sulfonamides is 2. The van der Waals surface area contributed by atoms with E-state index in [9.17, 15) is 30.8 Å². The van der Waals surface area contributed by atoms with E-state index in [-0.39, 0.29) is 41.0 Å². The average molecular weight is 549 g/mol. The van der Waals surface area contributed by atoms with E-state index >= 15 is 0 Å². The van der Waals surface area contributed by atoms with Crippen molar-refractivity contribution in [3.63, 3.8) is 0 Å². The maximum Gasteiger partial charge on any atom is 0.286 e. The van der Waals surface area contributed by atoms with Gasteiger partial charge in [0.2, 0.25) is 15.9 Å². The van der Waals surface area contributed by atoms with Crippen molar-refractivity contribution in [3.8, 4) is 0 Å². The molecule has 1 spiro atoms. The number of hydrogen-bond donors (Lipinski definition) is 2. The topological polar surface area (TPSA) is 142 Å². The molecule has 0 bridgehead atoms. The summed E-state index contributed by atoms with van der Waals surface area (Å²) in [5.74, 6) is -3.06. The summed E-state index contributed by atoms with van der Waals surface area (Å²) in [6.45, 7) is 0.345. The van der Waals surface area contributed by atoms with Crippen molar-refractivity contribution in [2.45, 2.75) is 37.1 Å². The van der Waals surface area contributed by atoms with Crippen LogP contribution in [0.25, 0.3) is 0 Å². The maximum absolute atomic E-state index is 13.7. The smallest absolute Gasteiger partial charge is 0.286 e. The lowest BCUT2D eigenvalue weighted by atomic mass is 9.72. The number of nitrogens with one attached hydrogen (secondary N) is 2. The molecule has 2 aromatic carbocycles. The zero-order chi connectivity index (χ0) is 26.6. The molecule has 2 aromatic rings. The Bertz CT molecular complexity index is 1530. The number of amides is 1. The number of Topliss-reactive ketones (excluding diaryl/α,β-unsaturated/α-hetero) is 1. The van der Waals surface area contributed by atoms with Crippen LogP contribution in [0.1, 0.15) is 31.2 Å². The van der Waals surface area contributed by atoms with E-state index in [2.05, 4.69) is 14.4 Å². The van der Waals surface area contributed by atoms with E-state index < -0.39 is 43.1 Å². The van der Waals surface area contributed by atoms with Crippen LogP contribution in [-0.2, 0) is 36.2 Å². The summed E-state index contributed by atoms with van der Waals surface area (Å²) < 4.78 is 68.7. The van der Waals surface area contributed by atoms with Crippen LogP contribution in [0.5, 0.6) is 0 Å². The third-order valence-corrected chi connectivity index (χ3v) is 8.94. The molecular weight excluding hydrogens is 523 g/mol. The lowest BCUT2D eigenvalue weighted by Crippen LogP contribution is -2.59. The van der Waals surface area contributed by atoms with E-state index in [1.807, 2.05) is 0 Å². The maximum atomic E-state index is 13.7. The van der Waals surface area contributed by atoms with Crippen LogP contribution in [-0.4, -0.2) is 52.1 Å². The molecule has 196 valence electrons. The number of ketones is 1. The van der Waals surface area contributed by atoms with Crippen molar-refractivity contribution < 1.29 is 30.8 Å². The zero-order valence-electron chi connectivity index (χ0n) is 19.9. The van der Waals surface area contributed by atoms with Crippen LogP contribution in [0.3, 0.4) is 0 Å². The molecule has 1 amide bonds. The van der Waals surface area contributed by atoms with Crippen molar-refractivity contribution in [1.82, 2.24) is 4.90 Å². The first-order valence-corrected chi connectivity index (χ1v) is 15.0. The van der Waals surface area contributed by atoms with Gasteiger partial charge < -0.3 is 10.2 Å². The number of nitrogens with zero attached hydrogens (tertiary/aromatic N) is 2. The summed E-state index contributed by atoms with van der Waals surface area (Å²) in [7, 11) is -8.00. The number of piperidine rings is 1. The van der Waals surface area contributed by atoms with Gasteiger partial charge in [-0.2, -0.15) is 8.42 Å². The molecule has 0 aromatic heterocycles. The van der Waals surface area contributed by atoms with Gasteiger partial charge >= 0.3 is 0 Å². The molecular formula is C24H25FN4O6S2. The molecule has 3 aliphatic rings. The fraction of sp³-hybridized carbons (Fsp3) is 0.375. The normalized spacial score (nSPS) is 22.4. The molecule has 2 N–H and O–H groups in total. The number of halogens is 1. The quantitative estimate of drug-likeness (QED) is 0.547. The molecule has 10 nitrogen and oxygen atoms in total. The number of fused-ring (bicyclic) bond motifs is 1. The largest absolute Gasteiger partial charge is 0.341 e. The summed E-state index contributed by atoms with van der Waals surface area (Å²) in [6.07, 6.45) is 3.72. The Balaban J connectivity index is 1.51. The van der Waals surface area contributed by atoms with Gasteiger partial charge in [0.25, 0.3) is 10.0 Å². The van der Waals surface area contributed by atoms with Gasteiger partial charge in [0.15, 0.2) is 11.7 Å². The minimum absolute atomic E-state index is 0.0328. The van der Waals surface area contributed by atoms with Gasteiger partial charge in [-0.3, -0.25) is 14.3 Å². The van der Waals surface area contributed by atoms with Crippen LogP contribution in [0, 0.1) is 17.2 Å². The van der Waals surface area contributed by atoms with Crippen LogP contribution in [0.2, 0.25) is 0 Å². The Morgan fingerprint density at radius 1 is 1.14 bits per heavy atom. The highest BCUT2D eigenvalue weighted by atomic mass is 32.2. The molecule has 1 atom stereocenters. The molecule has 1 saturated heterocycles. The van der Waals surface area contributed by atoms with Gasteiger partial charge in [0.1, 0.15) is 16.5 Å². The second-order valence-electron chi connectivity index (χ2n) is 9.77. The highest BCUT2D eigenvalue weighted by Gasteiger charge is 2.55. The van der Waals surface area contributed by atoms with E-state index in [4.69, 9.17) is 0 Å². The molecule has 2 fully saturated rings. The van der Waals surface area contributed by atoms with Gasteiger partial charge in [0, 0.05) is 24.2 Å². The van der Waals surface area contributed by atoms with Crippen molar-refractivity contribution in [1.29, 1.82) is 0 Å². The van der Waals surface area contributed by atoms with E-state index in [1.54, 1.807) is 12.1 Å². The molecule has 1 unspecified atom stereocenters. The Hall–Kier alpha value is -3.32. The standard InChI is InChI=1S/C24H25FN4O6S2/c1-36(32,33)27-17-8-9-18-19(12-17)37(34,35)28-22(26-18)20-21(30)24(10-2-3-11-24)14-29(23(20)31)13-15-4-6-16(25)7-5-15/h4-9,12,20,27H,2-3,10-11,13-14H2,1H3,(H,26,28). The Labute approximate surface area is 214 Å². The molecule has 0 radical (unpaired) electrons. The van der Waals surface area contributed by atoms with Gasteiger partial charge in [-0.25, -0.2) is 12.8 Å². The number of amidine groups is 1. The summed E-state index contributed by atoms with van der Waals surface area (Å²) >= 11 is 0. The van der Waals surface area contributed by atoms with E-state index in [0.717, 1.165) is 25.2 Å². The number of anilines is 2. The lowest BCUT2D eigenvalue weighted by Gasteiger charge is -2.43. The lowest BCUT2D eigenvalue weighted by molar-refractivity contribution is -0.152. The third kappa shape index (κ3) is 4.85. The fourth-order valence-corrected chi connectivity index (χ4v) is 7.08. The first-order valence-electron chi connectivity index (χ1n) is 11.7.